The Morgan fingerprint density at radius 3 is 2.11 bits per heavy atom. The maximum absolute atomic E-state index is 10.4. The summed E-state index contributed by atoms with van der Waals surface area (Å²) in [4.78, 5) is 0. The molecule has 96 valence electrons. The molecule has 2 rings (SSSR count). The fraction of sp³-hybridized carbons (Fsp3) is 0.286. The first-order valence-corrected chi connectivity index (χ1v) is 6.53. The van der Waals surface area contributed by atoms with Crippen LogP contribution in [0.25, 0.3) is 0 Å². The van der Waals surface area contributed by atoms with Gasteiger partial charge in [-0.3, -0.25) is 0 Å². The number of hydrogen-bond donors (Lipinski definition) is 1. The van der Waals surface area contributed by atoms with Crippen molar-refractivity contribution in [2.75, 3.05) is 14.2 Å². The van der Waals surface area contributed by atoms with Gasteiger partial charge in [-0.15, -0.1) is 0 Å². The maximum Gasteiger partial charge on any atom is 0.122 e. The van der Waals surface area contributed by atoms with Gasteiger partial charge in [0.2, 0.25) is 0 Å². The zero-order valence-electron chi connectivity index (χ0n) is 10.6. The molecule has 2 aromatic rings. The lowest BCUT2D eigenvalue weighted by Crippen LogP contribution is -2.01. The zero-order valence-corrected chi connectivity index (χ0v) is 11.5. The average Bonchev–Trinajstić information content (AvgIpc) is 2.83. The molecule has 1 heterocycles. The van der Waals surface area contributed by atoms with E-state index in [-0.39, 0.29) is 0 Å². The largest absolute Gasteiger partial charge is 0.497 e. The second-order valence-corrected chi connectivity index (χ2v) is 4.80. The smallest absolute Gasteiger partial charge is 0.122 e. The van der Waals surface area contributed by atoms with Crippen LogP contribution in [-0.4, -0.2) is 19.3 Å². The number of ether oxygens (including phenoxy) is 2. The van der Waals surface area contributed by atoms with Gasteiger partial charge in [-0.2, -0.15) is 11.3 Å². The number of aryl methyl sites for hydroxylation is 1. The van der Waals surface area contributed by atoms with Crippen molar-refractivity contribution in [1.29, 1.82) is 0 Å². The molecular formula is C14H16O3S. The number of aliphatic hydroxyl groups excluding tert-OH is 1. The molecular weight excluding hydrogens is 248 g/mol. The summed E-state index contributed by atoms with van der Waals surface area (Å²) in [5.41, 5.74) is 2.79. The third kappa shape index (κ3) is 2.49. The lowest BCUT2D eigenvalue weighted by atomic mass is 10.0. The Balaban J connectivity index is 2.41. The summed E-state index contributed by atoms with van der Waals surface area (Å²) < 4.78 is 10.4. The van der Waals surface area contributed by atoms with Crippen molar-refractivity contribution in [3.05, 3.63) is 45.6 Å². The highest BCUT2D eigenvalue weighted by atomic mass is 32.1. The van der Waals surface area contributed by atoms with Crippen LogP contribution in [0.2, 0.25) is 0 Å². The van der Waals surface area contributed by atoms with Gasteiger partial charge < -0.3 is 14.6 Å². The van der Waals surface area contributed by atoms with Crippen molar-refractivity contribution in [2.24, 2.45) is 0 Å². The quantitative estimate of drug-likeness (QED) is 0.922. The van der Waals surface area contributed by atoms with E-state index in [4.69, 9.17) is 9.47 Å². The second-order valence-electron chi connectivity index (χ2n) is 4.06. The fourth-order valence-corrected chi connectivity index (χ4v) is 2.69. The van der Waals surface area contributed by atoms with E-state index in [1.807, 2.05) is 29.8 Å². The van der Waals surface area contributed by atoms with Crippen molar-refractivity contribution in [3.8, 4) is 11.5 Å². The predicted octanol–water partition coefficient (Wildman–Crippen LogP) is 3.16. The molecule has 1 aromatic carbocycles. The fourth-order valence-electron chi connectivity index (χ4n) is 1.82. The third-order valence-electron chi connectivity index (χ3n) is 2.88. The number of benzene rings is 1. The molecule has 1 aromatic heterocycles. The number of methoxy groups -OCH3 is 2. The maximum atomic E-state index is 10.4. The molecule has 0 aliphatic heterocycles. The van der Waals surface area contributed by atoms with Gasteiger partial charge in [0.1, 0.15) is 17.6 Å². The van der Waals surface area contributed by atoms with Crippen LogP contribution in [0.15, 0.2) is 29.0 Å². The molecule has 1 unspecified atom stereocenters. The normalized spacial score (nSPS) is 12.2. The highest BCUT2D eigenvalue weighted by Gasteiger charge is 2.15. The van der Waals surface area contributed by atoms with Crippen LogP contribution >= 0.6 is 11.3 Å². The van der Waals surface area contributed by atoms with Gasteiger partial charge >= 0.3 is 0 Å². The van der Waals surface area contributed by atoms with Gasteiger partial charge in [0.25, 0.3) is 0 Å². The SMILES string of the molecule is COc1cc(OC)cc(C(O)c2cscc2C)c1. The lowest BCUT2D eigenvalue weighted by Gasteiger charge is -2.14. The van der Waals surface area contributed by atoms with Gasteiger partial charge in [0.05, 0.1) is 14.2 Å². The summed E-state index contributed by atoms with van der Waals surface area (Å²) >= 11 is 1.59. The molecule has 1 N–H and O–H groups in total. The topological polar surface area (TPSA) is 38.7 Å². The summed E-state index contributed by atoms with van der Waals surface area (Å²) in [7, 11) is 3.20. The minimum Gasteiger partial charge on any atom is -0.497 e. The van der Waals surface area contributed by atoms with Crippen LogP contribution in [0, 0.1) is 6.92 Å². The minimum absolute atomic E-state index is 0.653. The van der Waals surface area contributed by atoms with E-state index < -0.39 is 6.10 Å². The highest BCUT2D eigenvalue weighted by molar-refractivity contribution is 7.08. The van der Waals surface area contributed by atoms with E-state index in [1.165, 1.54) is 0 Å². The van der Waals surface area contributed by atoms with Crippen molar-refractivity contribution in [3.63, 3.8) is 0 Å². The molecule has 0 aliphatic carbocycles. The molecule has 0 saturated carbocycles. The second kappa shape index (κ2) is 5.42. The zero-order chi connectivity index (χ0) is 13.1. The van der Waals surface area contributed by atoms with Crippen molar-refractivity contribution < 1.29 is 14.6 Å². The average molecular weight is 264 g/mol. The molecule has 0 fully saturated rings. The number of hydrogen-bond acceptors (Lipinski definition) is 4. The van der Waals surface area contributed by atoms with Crippen LogP contribution in [-0.2, 0) is 0 Å². The van der Waals surface area contributed by atoms with E-state index >= 15 is 0 Å². The Hall–Kier alpha value is -1.52. The molecule has 1 atom stereocenters. The van der Waals surface area contributed by atoms with Gasteiger partial charge in [0, 0.05) is 6.07 Å². The monoisotopic (exact) mass is 264 g/mol. The summed E-state index contributed by atoms with van der Waals surface area (Å²) in [5.74, 6) is 1.35. The molecule has 0 amide bonds. The van der Waals surface area contributed by atoms with Crippen LogP contribution in [0.1, 0.15) is 22.8 Å². The first-order chi connectivity index (χ1) is 8.65. The van der Waals surface area contributed by atoms with Gasteiger partial charge in [-0.1, -0.05) is 0 Å². The molecule has 0 radical (unpaired) electrons. The Labute approximate surface area is 111 Å². The molecule has 0 bridgehead atoms. The van der Waals surface area contributed by atoms with Gasteiger partial charge in [-0.25, -0.2) is 0 Å². The minimum atomic E-state index is -0.653. The van der Waals surface area contributed by atoms with E-state index in [9.17, 15) is 5.11 Å². The van der Waals surface area contributed by atoms with Crippen LogP contribution in [0.5, 0.6) is 11.5 Å². The first kappa shape index (κ1) is 12.9. The van der Waals surface area contributed by atoms with Crippen molar-refractivity contribution in [1.82, 2.24) is 0 Å². The van der Waals surface area contributed by atoms with E-state index in [2.05, 4.69) is 0 Å². The Morgan fingerprint density at radius 2 is 1.67 bits per heavy atom. The molecule has 3 nitrogen and oxygen atoms in total. The number of thiophene rings is 1. The molecule has 0 saturated heterocycles. The first-order valence-electron chi connectivity index (χ1n) is 5.59. The number of aliphatic hydroxyl groups is 1. The standard InChI is InChI=1S/C14H16O3S/c1-9-7-18-8-13(9)14(15)10-4-11(16-2)6-12(5-10)17-3/h4-8,14-15H,1-3H3. The Kier molecular flexibility index (Phi) is 3.89. The van der Waals surface area contributed by atoms with Crippen molar-refractivity contribution >= 4 is 11.3 Å². The van der Waals surface area contributed by atoms with Gasteiger partial charge in [0.15, 0.2) is 0 Å². The number of rotatable bonds is 4. The summed E-state index contributed by atoms with van der Waals surface area (Å²) in [6.07, 6.45) is -0.653. The molecule has 0 aliphatic rings. The van der Waals surface area contributed by atoms with Gasteiger partial charge in [-0.05, 0) is 46.5 Å². The van der Waals surface area contributed by atoms with E-state index in [0.717, 1.165) is 16.7 Å². The highest BCUT2D eigenvalue weighted by Crippen LogP contribution is 2.32. The molecule has 0 spiro atoms. The Morgan fingerprint density at radius 1 is 1.06 bits per heavy atom. The van der Waals surface area contributed by atoms with Crippen LogP contribution < -0.4 is 9.47 Å². The molecule has 4 heteroatoms. The van der Waals surface area contributed by atoms with Crippen molar-refractivity contribution in [2.45, 2.75) is 13.0 Å². The predicted molar refractivity (Wildman–Crippen MR) is 72.7 cm³/mol. The van der Waals surface area contributed by atoms with E-state index in [1.54, 1.807) is 31.6 Å². The van der Waals surface area contributed by atoms with E-state index in [0.29, 0.717) is 11.5 Å². The van der Waals surface area contributed by atoms with Crippen LogP contribution in [0.4, 0.5) is 0 Å². The molecule has 18 heavy (non-hydrogen) atoms. The summed E-state index contributed by atoms with van der Waals surface area (Å²) in [5, 5.41) is 14.4. The summed E-state index contributed by atoms with van der Waals surface area (Å²) in [6, 6.07) is 5.44. The van der Waals surface area contributed by atoms with Crippen LogP contribution in [0.3, 0.4) is 0 Å². The summed E-state index contributed by atoms with van der Waals surface area (Å²) in [6.45, 7) is 1.99. The Bertz CT molecular complexity index is 511. The lowest BCUT2D eigenvalue weighted by molar-refractivity contribution is 0.219. The third-order valence-corrected chi connectivity index (χ3v) is 3.76.